The lowest BCUT2D eigenvalue weighted by Crippen LogP contribution is -2.06. The third-order valence-corrected chi connectivity index (χ3v) is 1.81. The lowest BCUT2D eigenvalue weighted by atomic mass is 10.2. The Balaban J connectivity index is 0.000000280. The molecule has 2 aromatic rings. The van der Waals surface area contributed by atoms with Crippen LogP contribution in [0.3, 0.4) is 0 Å². The molecule has 2 rings (SSSR count). The number of hydrogen-bond acceptors (Lipinski definition) is 5. The largest absolute Gasteiger partial charge is 0.286 e. The fourth-order valence-corrected chi connectivity index (χ4v) is 1.28. The van der Waals surface area contributed by atoms with Crippen LogP contribution in [0.4, 0.5) is 0 Å². The Kier molecular flexibility index (Phi) is 4.74. The summed E-state index contributed by atoms with van der Waals surface area (Å²) in [5.41, 5.74) is 1.74. The summed E-state index contributed by atoms with van der Waals surface area (Å²) in [6.07, 6.45) is 2.48. The summed E-state index contributed by atoms with van der Waals surface area (Å²) < 4.78 is 27.7. The van der Waals surface area contributed by atoms with Gasteiger partial charge in [0, 0.05) is 12.7 Å². The van der Waals surface area contributed by atoms with Crippen molar-refractivity contribution in [3.63, 3.8) is 0 Å². The second-order valence-corrected chi connectivity index (χ2v) is 5.71. The van der Waals surface area contributed by atoms with Gasteiger partial charge >= 0.3 is 0 Å². The van der Waals surface area contributed by atoms with Crippen LogP contribution in [0.15, 0.2) is 18.3 Å². The average molecular weight is 272 g/mol. The second-order valence-electron chi connectivity index (χ2n) is 4.24. The highest BCUT2D eigenvalue weighted by Crippen LogP contribution is 2.08. The van der Waals surface area contributed by atoms with Gasteiger partial charge in [0.25, 0.3) is 10.1 Å². The Morgan fingerprint density at radius 3 is 2.61 bits per heavy atom. The van der Waals surface area contributed by atoms with Crippen molar-refractivity contribution in [3.05, 3.63) is 18.3 Å². The van der Waals surface area contributed by atoms with Crippen LogP contribution in [0.25, 0.3) is 11.2 Å². The molecule has 0 amide bonds. The van der Waals surface area contributed by atoms with Gasteiger partial charge in [-0.25, -0.2) is 9.67 Å². The molecule has 0 atom stereocenters. The van der Waals surface area contributed by atoms with E-state index in [1.165, 1.54) is 0 Å². The molecule has 0 aliphatic carbocycles. The molecule has 0 unspecified atom stereocenters. The number of nitrogens with zero attached hydrogens (tertiary/aromatic N) is 4. The van der Waals surface area contributed by atoms with E-state index in [-0.39, 0.29) is 0 Å². The van der Waals surface area contributed by atoms with E-state index in [1.54, 1.807) is 6.20 Å². The van der Waals surface area contributed by atoms with Gasteiger partial charge < -0.3 is 0 Å². The molecule has 2 heterocycles. The van der Waals surface area contributed by atoms with E-state index in [0.717, 1.165) is 17.7 Å². The van der Waals surface area contributed by atoms with Crippen LogP contribution < -0.4 is 0 Å². The minimum Gasteiger partial charge on any atom is -0.286 e. The van der Waals surface area contributed by atoms with E-state index in [4.69, 9.17) is 4.55 Å². The predicted octanol–water partition coefficient (Wildman–Crippen LogP) is 0.986. The predicted molar refractivity (Wildman–Crippen MR) is 67.6 cm³/mol. The Bertz CT molecular complexity index is 598. The van der Waals surface area contributed by atoms with E-state index >= 15 is 0 Å². The topological polar surface area (TPSA) is 98.0 Å². The summed E-state index contributed by atoms with van der Waals surface area (Å²) in [6, 6.07) is 3.79. The number of hydrogen-bond donors (Lipinski definition) is 1. The standard InChI is InChI=1S/C9H12N4.CH4O3S/c1-7(2)6-13-9-8(11-12-13)4-3-5-10-9;1-5(2,3)4/h3-5,7H,6H2,1-2H3;1H3,(H,2,3,4). The van der Waals surface area contributed by atoms with E-state index in [9.17, 15) is 8.42 Å². The first-order chi connectivity index (χ1) is 8.27. The molecule has 18 heavy (non-hydrogen) atoms. The van der Waals surface area contributed by atoms with Crippen LogP contribution in [0.5, 0.6) is 0 Å². The zero-order chi connectivity index (χ0) is 13.8. The highest BCUT2D eigenvalue weighted by atomic mass is 32.2. The first-order valence-electron chi connectivity index (χ1n) is 5.34. The fraction of sp³-hybridized carbons (Fsp3) is 0.500. The molecule has 1 N–H and O–H groups in total. The fourth-order valence-electron chi connectivity index (χ4n) is 1.28. The molecule has 8 heteroatoms. The van der Waals surface area contributed by atoms with Crippen LogP contribution in [-0.2, 0) is 16.7 Å². The van der Waals surface area contributed by atoms with Gasteiger partial charge in [-0.3, -0.25) is 4.55 Å². The molecule has 0 spiro atoms. The molecule has 100 valence electrons. The molecule has 0 radical (unpaired) electrons. The van der Waals surface area contributed by atoms with E-state index in [2.05, 4.69) is 29.1 Å². The number of rotatable bonds is 2. The van der Waals surface area contributed by atoms with Crippen molar-refractivity contribution < 1.29 is 13.0 Å². The second kappa shape index (κ2) is 5.87. The summed E-state index contributed by atoms with van der Waals surface area (Å²) in [6.45, 7) is 5.17. The van der Waals surface area contributed by atoms with Crippen LogP contribution in [-0.4, -0.2) is 39.2 Å². The van der Waals surface area contributed by atoms with Gasteiger partial charge in [0.2, 0.25) is 0 Å². The van der Waals surface area contributed by atoms with Crippen molar-refractivity contribution >= 4 is 21.3 Å². The van der Waals surface area contributed by atoms with Crippen LogP contribution in [0, 0.1) is 5.92 Å². The molecule has 0 fully saturated rings. The quantitative estimate of drug-likeness (QED) is 0.818. The zero-order valence-corrected chi connectivity index (χ0v) is 11.3. The Labute approximate surface area is 106 Å². The maximum Gasteiger partial charge on any atom is 0.261 e. The lowest BCUT2D eigenvalue weighted by Gasteiger charge is -2.03. The molecule has 0 bridgehead atoms. The Hall–Kier alpha value is -1.54. The summed E-state index contributed by atoms with van der Waals surface area (Å²) >= 11 is 0. The SMILES string of the molecule is CC(C)Cn1nnc2cccnc21.CS(=O)(=O)O. The van der Waals surface area contributed by atoms with Gasteiger partial charge in [-0.1, -0.05) is 19.1 Å². The molecule has 0 saturated heterocycles. The monoisotopic (exact) mass is 272 g/mol. The third-order valence-electron chi connectivity index (χ3n) is 1.81. The summed E-state index contributed by atoms with van der Waals surface area (Å²) in [4.78, 5) is 4.23. The molecule has 0 aliphatic rings. The van der Waals surface area contributed by atoms with Gasteiger partial charge in [-0.15, -0.1) is 5.10 Å². The summed E-state index contributed by atoms with van der Waals surface area (Å²) in [5.74, 6) is 0.562. The lowest BCUT2D eigenvalue weighted by molar-refractivity contribution is 0.480. The van der Waals surface area contributed by atoms with Gasteiger partial charge in [-0.2, -0.15) is 8.42 Å². The van der Waals surface area contributed by atoms with Crippen molar-refractivity contribution in [1.29, 1.82) is 0 Å². The van der Waals surface area contributed by atoms with Gasteiger partial charge in [0.1, 0.15) is 5.52 Å². The molecule has 7 nitrogen and oxygen atoms in total. The van der Waals surface area contributed by atoms with Crippen molar-refractivity contribution in [2.45, 2.75) is 20.4 Å². The Morgan fingerprint density at radius 2 is 2.06 bits per heavy atom. The van der Waals surface area contributed by atoms with Crippen molar-refractivity contribution in [2.24, 2.45) is 5.92 Å². The highest BCUT2D eigenvalue weighted by Gasteiger charge is 2.05. The molecular weight excluding hydrogens is 256 g/mol. The minimum atomic E-state index is -3.67. The van der Waals surface area contributed by atoms with Crippen molar-refractivity contribution in [3.8, 4) is 0 Å². The van der Waals surface area contributed by atoms with Crippen molar-refractivity contribution in [2.75, 3.05) is 6.26 Å². The van der Waals surface area contributed by atoms with Crippen LogP contribution >= 0.6 is 0 Å². The smallest absolute Gasteiger partial charge is 0.261 e. The summed E-state index contributed by atoms with van der Waals surface area (Å²) in [5, 5.41) is 8.06. The number of fused-ring (bicyclic) bond motifs is 1. The van der Waals surface area contributed by atoms with E-state index < -0.39 is 10.1 Å². The maximum atomic E-state index is 9.19. The molecule has 2 aromatic heterocycles. The van der Waals surface area contributed by atoms with Gasteiger partial charge in [0.15, 0.2) is 5.65 Å². The normalized spacial score (nSPS) is 11.4. The minimum absolute atomic E-state index is 0.562. The van der Waals surface area contributed by atoms with E-state index in [1.807, 2.05) is 16.8 Å². The first-order valence-corrected chi connectivity index (χ1v) is 7.19. The molecule has 0 aromatic carbocycles. The molecule has 0 aliphatic heterocycles. The van der Waals surface area contributed by atoms with Gasteiger partial charge in [-0.05, 0) is 18.1 Å². The Morgan fingerprint density at radius 1 is 1.44 bits per heavy atom. The highest BCUT2D eigenvalue weighted by molar-refractivity contribution is 7.85. The molecule has 0 saturated carbocycles. The van der Waals surface area contributed by atoms with Gasteiger partial charge in [0.05, 0.1) is 6.26 Å². The zero-order valence-electron chi connectivity index (χ0n) is 10.5. The third kappa shape index (κ3) is 5.19. The summed E-state index contributed by atoms with van der Waals surface area (Å²) in [7, 11) is -3.67. The maximum absolute atomic E-state index is 9.19. The number of pyridine rings is 1. The molecular formula is C10H16N4O3S. The van der Waals surface area contributed by atoms with Crippen LogP contribution in [0.2, 0.25) is 0 Å². The van der Waals surface area contributed by atoms with Crippen LogP contribution in [0.1, 0.15) is 13.8 Å². The number of aromatic nitrogens is 4. The van der Waals surface area contributed by atoms with Crippen molar-refractivity contribution in [1.82, 2.24) is 20.0 Å². The average Bonchev–Trinajstić information content (AvgIpc) is 2.59. The first kappa shape index (κ1) is 14.5. The van der Waals surface area contributed by atoms with E-state index in [0.29, 0.717) is 12.2 Å².